The summed E-state index contributed by atoms with van der Waals surface area (Å²) >= 11 is 0. The second kappa shape index (κ2) is 4.14. The van der Waals surface area contributed by atoms with Gasteiger partial charge in [0.05, 0.1) is 16.8 Å². The molecule has 0 saturated carbocycles. The minimum atomic E-state index is -0.349. The lowest BCUT2D eigenvalue weighted by molar-refractivity contribution is 0.00578. The van der Waals surface area contributed by atoms with Crippen molar-refractivity contribution in [3.8, 4) is 0 Å². The van der Waals surface area contributed by atoms with Gasteiger partial charge < -0.3 is 9.31 Å². The Hall–Kier alpha value is -0.805. The SMILES string of the molecule is CCCn1ccc(B2OC(C)(C)C(C)(C)O2)n1. The first kappa shape index (κ1) is 12.6. The summed E-state index contributed by atoms with van der Waals surface area (Å²) in [5.74, 6) is 0. The first-order valence-corrected chi connectivity index (χ1v) is 6.25. The maximum absolute atomic E-state index is 5.94. The highest BCUT2D eigenvalue weighted by Crippen LogP contribution is 2.36. The molecular weight excluding hydrogens is 215 g/mol. The molecule has 0 aliphatic carbocycles. The summed E-state index contributed by atoms with van der Waals surface area (Å²) in [6.07, 6.45) is 3.05. The topological polar surface area (TPSA) is 36.3 Å². The summed E-state index contributed by atoms with van der Waals surface area (Å²) in [5.41, 5.74) is 0.260. The summed E-state index contributed by atoms with van der Waals surface area (Å²) in [4.78, 5) is 0. The van der Waals surface area contributed by atoms with Gasteiger partial charge in [0, 0.05) is 12.7 Å². The van der Waals surface area contributed by atoms with Crippen molar-refractivity contribution in [1.82, 2.24) is 9.78 Å². The van der Waals surface area contributed by atoms with Gasteiger partial charge in [-0.15, -0.1) is 0 Å². The maximum Gasteiger partial charge on any atom is 0.516 e. The molecule has 1 aliphatic heterocycles. The average Bonchev–Trinajstić information content (AvgIpc) is 2.71. The van der Waals surface area contributed by atoms with E-state index in [4.69, 9.17) is 9.31 Å². The predicted molar refractivity (Wildman–Crippen MR) is 68.2 cm³/mol. The molecule has 1 aromatic rings. The van der Waals surface area contributed by atoms with E-state index in [2.05, 4.69) is 39.7 Å². The largest absolute Gasteiger partial charge is 0.516 e. The molecule has 1 aliphatic rings. The van der Waals surface area contributed by atoms with Crippen LogP contribution in [0, 0.1) is 0 Å². The lowest BCUT2D eigenvalue weighted by Crippen LogP contribution is -2.41. The van der Waals surface area contributed by atoms with E-state index in [1.807, 2.05) is 16.9 Å². The third kappa shape index (κ3) is 2.26. The third-order valence-corrected chi connectivity index (χ3v) is 3.61. The van der Waals surface area contributed by atoms with Crippen LogP contribution < -0.4 is 5.59 Å². The zero-order valence-electron chi connectivity index (χ0n) is 11.4. The van der Waals surface area contributed by atoms with Crippen LogP contribution in [0.4, 0.5) is 0 Å². The molecule has 2 heterocycles. The second-order valence-electron chi connectivity index (χ2n) is 5.59. The van der Waals surface area contributed by atoms with E-state index in [0.717, 1.165) is 18.6 Å². The smallest absolute Gasteiger partial charge is 0.398 e. The Bertz CT molecular complexity index is 385. The fourth-order valence-electron chi connectivity index (χ4n) is 1.82. The Kier molecular flexibility index (Phi) is 3.08. The molecule has 1 aromatic heterocycles. The average molecular weight is 236 g/mol. The zero-order chi connectivity index (χ0) is 12.7. The molecule has 0 atom stereocenters. The number of hydrogen-bond acceptors (Lipinski definition) is 3. The van der Waals surface area contributed by atoms with Crippen molar-refractivity contribution in [3.05, 3.63) is 12.3 Å². The van der Waals surface area contributed by atoms with Crippen molar-refractivity contribution in [1.29, 1.82) is 0 Å². The highest BCUT2D eigenvalue weighted by atomic mass is 16.7. The van der Waals surface area contributed by atoms with Crippen LogP contribution in [0.15, 0.2) is 12.3 Å². The van der Waals surface area contributed by atoms with Crippen molar-refractivity contribution in [2.75, 3.05) is 0 Å². The molecule has 1 saturated heterocycles. The van der Waals surface area contributed by atoms with Gasteiger partial charge in [0.15, 0.2) is 0 Å². The molecule has 0 amide bonds. The summed E-state index contributed by atoms with van der Waals surface area (Å²) in [5, 5.41) is 4.48. The van der Waals surface area contributed by atoms with Crippen LogP contribution in [0.2, 0.25) is 0 Å². The Balaban J connectivity index is 2.14. The predicted octanol–water partition coefficient (Wildman–Crippen LogP) is 1.59. The first-order chi connectivity index (χ1) is 7.86. The highest BCUT2D eigenvalue weighted by Gasteiger charge is 2.52. The van der Waals surface area contributed by atoms with Crippen LogP contribution in [-0.4, -0.2) is 28.1 Å². The van der Waals surface area contributed by atoms with Crippen LogP contribution in [0.5, 0.6) is 0 Å². The highest BCUT2D eigenvalue weighted by molar-refractivity contribution is 6.61. The van der Waals surface area contributed by atoms with Gasteiger partial charge in [-0.05, 0) is 40.2 Å². The fraction of sp³-hybridized carbons (Fsp3) is 0.750. The van der Waals surface area contributed by atoms with E-state index in [1.54, 1.807) is 0 Å². The molecule has 0 radical (unpaired) electrons. The minimum Gasteiger partial charge on any atom is -0.398 e. The van der Waals surface area contributed by atoms with Gasteiger partial charge in [-0.2, -0.15) is 5.10 Å². The first-order valence-electron chi connectivity index (χ1n) is 6.25. The van der Waals surface area contributed by atoms with Crippen molar-refractivity contribution < 1.29 is 9.31 Å². The van der Waals surface area contributed by atoms with Gasteiger partial charge in [0.2, 0.25) is 0 Å². The molecule has 5 heteroatoms. The second-order valence-corrected chi connectivity index (χ2v) is 5.59. The number of nitrogens with zero attached hydrogens (tertiary/aromatic N) is 2. The quantitative estimate of drug-likeness (QED) is 0.748. The van der Waals surface area contributed by atoms with E-state index in [0.29, 0.717) is 0 Å². The van der Waals surface area contributed by atoms with Gasteiger partial charge in [-0.3, -0.25) is 4.68 Å². The van der Waals surface area contributed by atoms with Crippen molar-refractivity contribution >= 4 is 12.7 Å². The van der Waals surface area contributed by atoms with Crippen LogP contribution >= 0.6 is 0 Å². The molecular formula is C12H21BN2O2. The molecule has 0 bridgehead atoms. The standard InChI is InChI=1S/C12H21BN2O2/c1-6-8-15-9-7-10(14-15)13-16-11(2,3)12(4,5)17-13/h7,9H,6,8H2,1-5H3. The molecule has 0 spiro atoms. The third-order valence-electron chi connectivity index (χ3n) is 3.61. The Morgan fingerprint density at radius 2 is 1.82 bits per heavy atom. The normalized spacial score (nSPS) is 22.1. The van der Waals surface area contributed by atoms with Gasteiger partial charge in [0.25, 0.3) is 0 Å². The molecule has 4 nitrogen and oxygen atoms in total. The van der Waals surface area contributed by atoms with Gasteiger partial charge in [0.1, 0.15) is 0 Å². The fourth-order valence-corrected chi connectivity index (χ4v) is 1.82. The number of hydrogen-bond donors (Lipinski definition) is 0. The number of aromatic nitrogens is 2. The monoisotopic (exact) mass is 236 g/mol. The van der Waals surface area contributed by atoms with E-state index < -0.39 is 0 Å². The van der Waals surface area contributed by atoms with Crippen LogP contribution in [-0.2, 0) is 15.9 Å². The van der Waals surface area contributed by atoms with Gasteiger partial charge in [-0.25, -0.2) is 0 Å². The molecule has 0 N–H and O–H groups in total. The van der Waals surface area contributed by atoms with Crippen LogP contribution in [0.1, 0.15) is 41.0 Å². The van der Waals surface area contributed by atoms with Crippen LogP contribution in [0.3, 0.4) is 0 Å². The molecule has 17 heavy (non-hydrogen) atoms. The van der Waals surface area contributed by atoms with E-state index in [1.165, 1.54) is 0 Å². The summed E-state index contributed by atoms with van der Waals surface area (Å²) in [6, 6.07) is 1.97. The molecule has 1 fully saturated rings. The van der Waals surface area contributed by atoms with Crippen molar-refractivity contribution in [2.45, 2.75) is 58.8 Å². The summed E-state index contributed by atoms with van der Waals surface area (Å²) in [6.45, 7) is 11.3. The Labute approximate surface area is 103 Å². The maximum atomic E-state index is 5.94. The van der Waals surface area contributed by atoms with Crippen LogP contribution in [0.25, 0.3) is 0 Å². The zero-order valence-corrected chi connectivity index (χ0v) is 11.4. The lowest BCUT2D eigenvalue weighted by atomic mass is 9.85. The molecule has 0 aromatic carbocycles. The van der Waals surface area contributed by atoms with Crippen molar-refractivity contribution in [3.63, 3.8) is 0 Å². The van der Waals surface area contributed by atoms with Gasteiger partial charge >= 0.3 is 7.12 Å². The van der Waals surface area contributed by atoms with Gasteiger partial charge in [-0.1, -0.05) is 6.92 Å². The number of rotatable bonds is 3. The molecule has 0 unspecified atom stereocenters. The van der Waals surface area contributed by atoms with E-state index >= 15 is 0 Å². The molecule has 2 rings (SSSR count). The Morgan fingerprint density at radius 3 is 2.35 bits per heavy atom. The lowest BCUT2D eigenvalue weighted by Gasteiger charge is -2.32. The number of aryl methyl sites for hydroxylation is 1. The van der Waals surface area contributed by atoms with Crippen molar-refractivity contribution in [2.24, 2.45) is 0 Å². The van der Waals surface area contributed by atoms with E-state index in [-0.39, 0.29) is 18.3 Å². The summed E-state index contributed by atoms with van der Waals surface area (Å²) < 4.78 is 13.8. The Morgan fingerprint density at radius 1 is 1.24 bits per heavy atom. The summed E-state index contributed by atoms with van der Waals surface area (Å²) in [7, 11) is -0.349. The van der Waals surface area contributed by atoms with E-state index in [9.17, 15) is 0 Å². The molecule has 94 valence electrons. The minimum absolute atomic E-state index is 0.299.